The van der Waals surface area contributed by atoms with Crippen LogP contribution in [0.4, 0.5) is 0 Å². The van der Waals surface area contributed by atoms with E-state index in [1.165, 1.54) is 17.7 Å². The first-order chi connectivity index (χ1) is 13.6. The van der Waals surface area contributed by atoms with Crippen molar-refractivity contribution in [2.24, 2.45) is 28.7 Å². The summed E-state index contributed by atoms with van der Waals surface area (Å²) in [5.41, 5.74) is 0. The monoisotopic (exact) mass is 387 g/mol. The smallest absolute Gasteiger partial charge is 0.233 e. The SMILES string of the molecule is CCN(CCNC(=NC)NCCCN1C(=O)C2C3C=CC(C3)C2C1=O)C1CC1. The molecule has 2 bridgehead atoms. The van der Waals surface area contributed by atoms with E-state index in [2.05, 4.69) is 39.6 Å². The summed E-state index contributed by atoms with van der Waals surface area (Å²) in [7, 11) is 1.77. The van der Waals surface area contributed by atoms with Gasteiger partial charge >= 0.3 is 0 Å². The van der Waals surface area contributed by atoms with Crippen LogP contribution in [0.1, 0.15) is 32.6 Å². The number of nitrogens with one attached hydrogen (secondary N) is 2. The molecule has 2 N–H and O–H groups in total. The molecule has 7 heteroatoms. The fourth-order valence-corrected chi connectivity index (χ4v) is 5.21. The number of fused-ring (bicyclic) bond motifs is 5. The number of likely N-dealkylation sites (tertiary alicyclic amines) is 1. The average Bonchev–Trinajstić information content (AvgIpc) is 3.25. The van der Waals surface area contributed by atoms with Crippen LogP contribution in [0.5, 0.6) is 0 Å². The highest BCUT2D eigenvalue weighted by molar-refractivity contribution is 6.06. The Balaban J connectivity index is 1.16. The van der Waals surface area contributed by atoms with Crippen molar-refractivity contribution in [2.45, 2.75) is 38.6 Å². The van der Waals surface area contributed by atoms with E-state index in [-0.39, 0.29) is 35.5 Å². The van der Waals surface area contributed by atoms with Crippen LogP contribution in [0.15, 0.2) is 17.1 Å². The van der Waals surface area contributed by atoms with Crippen LogP contribution in [0, 0.1) is 23.7 Å². The number of carbonyl (C=O) groups is 2. The Morgan fingerprint density at radius 1 is 1.14 bits per heavy atom. The maximum atomic E-state index is 12.7. The first-order valence-electron chi connectivity index (χ1n) is 10.9. The van der Waals surface area contributed by atoms with Gasteiger partial charge in [0.1, 0.15) is 0 Å². The third kappa shape index (κ3) is 3.69. The molecular formula is C21H33N5O2. The molecule has 3 aliphatic carbocycles. The summed E-state index contributed by atoms with van der Waals surface area (Å²) in [6, 6.07) is 0.780. The largest absolute Gasteiger partial charge is 0.356 e. The molecule has 0 aromatic heterocycles. The minimum atomic E-state index is -0.0853. The fraction of sp³-hybridized carbons (Fsp3) is 0.762. The molecule has 1 heterocycles. The maximum Gasteiger partial charge on any atom is 0.233 e. The lowest BCUT2D eigenvalue weighted by Gasteiger charge is -2.21. The van der Waals surface area contributed by atoms with E-state index in [4.69, 9.17) is 0 Å². The van der Waals surface area contributed by atoms with Crippen molar-refractivity contribution >= 4 is 17.8 Å². The van der Waals surface area contributed by atoms with Gasteiger partial charge in [-0.15, -0.1) is 0 Å². The molecule has 154 valence electrons. The van der Waals surface area contributed by atoms with Crippen molar-refractivity contribution in [3.8, 4) is 0 Å². The number of allylic oxidation sites excluding steroid dienone is 2. The summed E-state index contributed by atoms with van der Waals surface area (Å²) < 4.78 is 0. The Morgan fingerprint density at radius 3 is 2.36 bits per heavy atom. The van der Waals surface area contributed by atoms with Crippen LogP contribution in [-0.2, 0) is 9.59 Å². The molecule has 7 nitrogen and oxygen atoms in total. The number of hydrogen-bond acceptors (Lipinski definition) is 4. The van der Waals surface area contributed by atoms with Crippen molar-refractivity contribution < 1.29 is 9.59 Å². The molecule has 4 atom stereocenters. The van der Waals surface area contributed by atoms with Gasteiger partial charge in [0.15, 0.2) is 5.96 Å². The topological polar surface area (TPSA) is 77.0 Å². The van der Waals surface area contributed by atoms with E-state index in [0.717, 1.165) is 44.5 Å². The van der Waals surface area contributed by atoms with E-state index in [9.17, 15) is 9.59 Å². The van der Waals surface area contributed by atoms with E-state index in [1.54, 1.807) is 7.05 Å². The van der Waals surface area contributed by atoms with Gasteiger partial charge in [0.25, 0.3) is 0 Å². The van der Waals surface area contributed by atoms with E-state index < -0.39 is 0 Å². The van der Waals surface area contributed by atoms with Crippen LogP contribution in [-0.4, -0.2) is 73.4 Å². The number of guanidine groups is 1. The summed E-state index contributed by atoms with van der Waals surface area (Å²) >= 11 is 0. The summed E-state index contributed by atoms with van der Waals surface area (Å²) in [5.74, 6) is 1.29. The predicted octanol–water partition coefficient (Wildman–Crippen LogP) is 0.833. The molecule has 0 spiro atoms. The first-order valence-corrected chi connectivity index (χ1v) is 10.9. The van der Waals surface area contributed by atoms with Gasteiger partial charge < -0.3 is 10.6 Å². The van der Waals surface area contributed by atoms with Crippen molar-refractivity contribution in [1.82, 2.24) is 20.4 Å². The molecular weight excluding hydrogens is 354 g/mol. The van der Waals surface area contributed by atoms with Crippen molar-refractivity contribution in [1.29, 1.82) is 0 Å². The first kappa shape index (κ1) is 19.4. The number of imide groups is 1. The minimum Gasteiger partial charge on any atom is -0.356 e. The number of aliphatic imine (C=N–C) groups is 1. The van der Waals surface area contributed by atoms with Crippen molar-refractivity contribution in [2.75, 3.05) is 39.8 Å². The zero-order valence-corrected chi connectivity index (χ0v) is 17.1. The molecule has 2 saturated carbocycles. The number of likely N-dealkylation sites (N-methyl/N-ethyl adjacent to an activating group) is 1. The molecule has 28 heavy (non-hydrogen) atoms. The Bertz CT molecular complexity index is 642. The highest BCUT2D eigenvalue weighted by Crippen LogP contribution is 2.52. The summed E-state index contributed by atoms with van der Waals surface area (Å²) in [6.07, 6.45) is 8.66. The molecule has 0 radical (unpaired) electrons. The average molecular weight is 388 g/mol. The normalized spacial score (nSPS) is 31.2. The molecule has 4 aliphatic rings. The Labute approximate surface area is 167 Å². The standard InChI is InChI=1S/C21H33N5O2/c1-3-25(16-7-8-16)12-10-24-21(22-2)23-9-4-11-26-19(27)17-14-5-6-15(13-14)18(17)20(26)28/h5-6,14-18H,3-4,7-13H2,1-2H3,(H2,22,23,24). The molecule has 1 saturated heterocycles. The summed E-state index contributed by atoms with van der Waals surface area (Å²) in [5, 5.41) is 6.66. The quantitative estimate of drug-likeness (QED) is 0.202. The summed E-state index contributed by atoms with van der Waals surface area (Å²) in [4.78, 5) is 33.6. The zero-order chi connectivity index (χ0) is 19.7. The maximum absolute atomic E-state index is 12.7. The number of nitrogens with zero attached hydrogens (tertiary/aromatic N) is 3. The second-order valence-electron chi connectivity index (χ2n) is 8.47. The number of rotatable bonds is 9. The molecule has 0 aromatic carbocycles. The minimum absolute atomic E-state index is 0.0501. The van der Waals surface area contributed by atoms with Gasteiger partial charge in [0.05, 0.1) is 11.8 Å². The summed E-state index contributed by atoms with van der Waals surface area (Å²) in [6.45, 7) is 6.39. The van der Waals surface area contributed by atoms with Gasteiger partial charge in [0, 0.05) is 39.3 Å². The number of hydrogen-bond donors (Lipinski definition) is 2. The Kier molecular flexibility index (Phi) is 5.71. The highest BCUT2D eigenvalue weighted by Gasteiger charge is 2.58. The Morgan fingerprint density at radius 2 is 1.79 bits per heavy atom. The van der Waals surface area contributed by atoms with Gasteiger partial charge in [0.2, 0.25) is 11.8 Å². The molecule has 2 amide bonds. The molecule has 3 fully saturated rings. The fourth-order valence-electron chi connectivity index (χ4n) is 5.21. The van der Waals surface area contributed by atoms with Gasteiger partial charge in [-0.25, -0.2) is 0 Å². The van der Waals surface area contributed by atoms with E-state index in [0.29, 0.717) is 13.1 Å². The van der Waals surface area contributed by atoms with E-state index >= 15 is 0 Å². The number of carbonyl (C=O) groups excluding carboxylic acids is 2. The van der Waals surface area contributed by atoms with Gasteiger partial charge in [-0.05, 0) is 44.1 Å². The van der Waals surface area contributed by atoms with Gasteiger partial charge in [-0.1, -0.05) is 19.1 Å². The van der Waals surface area contributed by atoms with Crippen LogP contribution in [0.25, 0.3) is 0 Å². The van der Waals surface area contributed by atoms with Crippen LogP contribution < -0.4 is 10.6 Å². The lowest BCUT2D eigenvalue weighted by Crippen LogP contribution is -2.43. The third-order valence-electron chi connectivity index (χ3n) is 6.80. The lowest BCUT2D eigenvalue weighted by atomic mass is 9.85. The molecule has 4 unspecified atom stereocenters. The van der Waals surface area contributed by atoms with E-state index in [1.807, 2.05) is 0 Å². The lowest BCUT2D eigenvalue weighted by molar-refractivity contribution is -0.140. The molecule has 4 rings (SSSR count). The Hall–Kier alpha value is -1.89. The second kappa shape index (κ2) is 8.23. The predicted molar refractivity (Wildman–Crippen MR) is 109 cm³/mol. The zero-order valence-electron chi connectivity index (χ0n) is 17.1. The van der Waals surface area contributed by atoms with Gasteiger partial charge in [-0.2, -0.15) is 0 Å². The second-order valence-corrected chi connectivity index (χ2v) is 8.47. The van der Waals surface area contributed by atoms with Crippen LogP contribution >= 0.6 is 0 Å². The molecule has 0 aromatic rings. The highest BCUT2D eigenvalue weighted by atomic mass is 16.2. The van der Waals surface area contributed by atoms with Crippen molar-refractivity contribution in [3.63, 3.8) is 0 Å². The van der Waals surface area contributed by atoms with Gasteiger partial charge in [-0.3, -0.25) is 24.4 Å². The van der Waals surface area contributed by atoms with Crippen LogP contribution in [0.3, 0.4) is 0 Å². The van der Waals surface area contributed by atoms with Crippen LogP contribution in [0.2, 0.25) is 0 Å². The molecule has 1 aliphatic heterocycles. The number of amides is 2. The third-order valence-corrected chi connectivity index (χ3v) is 6.80. The van der Waals surface area contributed by atoms with Crippen molar-refractivity contribution in [3.05, 3.63) is 12.2 Å².